The molecule has 4 rings (SSSR count). The second-order valence-corrected chi connectivity index (χ2v) is 8.64. The molecule has 8 nitrogen and oxygen atoms in total. The summed E-state index contributed by atoms with van der Waals surface area (Å²) in [6, 6.07) is 11.9. The Morgan fingerprint density at radius 1 is 1.14 bits per heavy atom. The third-order valence-electron chi connectivity index (χ3n) is 5.83. The molecule has 0 aliphatic carbocycles. The van der Waals surface area contributed by atoms with E-state index in [4.69, 9.17) is 26.8 Å². The van der Waals surface area contributed by atoms with E-state index < -0.39 is 11.9 Å². The molecule has 0 spiro atoms. The predicted octanol–water partition coefficient (Wildman–Crippen LogP) is 4.22. The van der Waals surface area contributed by atoms with E-state index in [1.165, 1.54) is 0 Å². The van der Waals surface area contributed by atoms with Crippen LogP contribution in [0.25, 0.3) is 22.2 Å². The highest BCUT2D eigenvalue weighted by molar-refractivity contribution is 6.30. The Kier molecular flexibility index (Phi) is 8.78. The number of carboxylic acids is 2. The summed E-state index contributed by atoms with van der Waals surface area (Å²) in [6.07, 6.45) is 3.05. The quantitative estimate of drug-likeness (QED) is 0.451. The van der Waals surface area contributed by atoms with Crippen LogP contribution in [0, 0.1) is 6.92 Å². The Morgan fingerprint density at radius 3 is 2.37 bits per heavy atom. The van der Waals surface area contributed by atoms with Crippen LogP contribution in [0.15, 0.2) is 53.3 Å². The summed E-state index contributed by atoms with van der Waals surface area (Å²) in [6.45, 7) is 6.46. The van der Waals surface area contributed by atoms with Crippen molar-refractivity contribution in [3.63, 3.8) is 0 Å². The summed E-state index contributed by atoms with van der Waals surface area (Å²) in [4.78, 5) is 37.4. The first-order chi connectivity index (χ1) is 16.7. The summed E-state index contributed by atoms with van der Waals surface area (Å²) in [7, 11) is 0. The zero-order chi connectivity index (χ0) is 25.5. The van der Waals surface area contributed by atoms with Crippen molar-refractivity contribution >= 4 is 34.6 Å². The van der Waals surface area contributed by atoms with E-state index in [9.17, 15) is 14.4 Å². The third kappa shape index (κ3) is 6.35. The zero-order valence-corrected chi connectivity index (χ0v) is 20.4. The number of hydrogen-bond acceptors (Lipinski definition) is 5. The number of aryl methyl sites for hydroxylation is 2. The second-order valence-electron chi connectivity index (χ2n) is 8.21. The maximum Gasteiger partial charge on any atom is 0.328 e. The molecule has 0 amide bonds. The highest BCUT2D eigenvalue weighted by Crippen LogP contribution is 2.37. The smallest absolute Gasteiger partial charge is 0.328 e. The van der Waals surface area contributed by atoms with Crippen molar-refractivity contribution in [2.45, 2.75) is 39.2 Å². The van der Waals surface area contributed by atoms with Crippen molar-refractivity contribution in [2.75, 3.05) is 13.1 Å². The maximum absolute atomic E-state index is 13.6. The Labute approximate surface area is 207 Å². The van der Waals surface area contributed by atoms with E-state index in [0.29, 0.717) is 23.7 Å². The van der Waals surface area contributed by atoms with Gasteiger partial charge in [-0.15, -0.1) is 0 Å². The molecule has 35 heavy (non-hydrogen) atoms. The van der Waals surface area contributed by atoms with Crippen LogP contribution < -0.4 is 10.9 Å². The van der Waals surface area contributed by atoms with E-state index in [-0.39, 0.29) is 11.5 Å². The van der Waals surface area contributed by atoms with Gasteiger partial charge >= 0.3 is 11.9 Å². The molecular formula is C26H28ClN3O5. The number of pyridine rings is 2. The zero-order valence-electron chi connectivity index (χ0n) is 19.6. The summed E-state index contributed by atoms with van der Waals surface area (Å²) in [5.74, 6) is -2.27. The van der Waals surface area contributed by atoms with Gasteiger partial charge in [0.2, 0.25) is 0 Å². The van der Waals surface area contributed by atoms with Gasteiger partial charge in [-0.05, 0) is 75.5 Å². The van der Waals surface area contributed by atoms with Gasteiger partial charge in [0.25, 0.3) is 5.56 Å². The minimum Gasteiger partial charge on any atom is -0.478 e. The Balaban J connectivity index is 0.000000371. The van der Waals surface area contributed by atoms with Gasteiger partial charge in [-0.1, -0.05) is 23.7 Å². The number of carbonyl (C=O) groups is 2. The average molecular weight is 498 g/mol. The number of nitrogens with zero attached hydrogens (tertiary/aromatic N) is 2. The average Bonchev–Trinajstić information content (AvgIpc) is 2.83. The highest BCUT2D eigenvalue weighted by Gasteiger charge is 2.26. The topological polar surface area (TPSA) is 122 Å². The van der Waals surface area contributed by atoms with Crippen LogP contribution in [0.1, 0.15) is 36.9 Å². The number of benzene rings is 1. The van der Waals surface area contributed by atoms with Gasteiger partial charge in [-0.2, -0.15) is 0 Å². The molecule has 0 atom stereocenters. The van der Waals surface area contributed by atoms with Crippen molar-refractivity contribution in [2.24, 2.45) is 0 Å². The van der Waals surface area contributed by atoms with Crippen LogP contribution in [0.5, 0.6) is 0 Å². The largest absolute Gasteiger partial charge is 0.478 e. The van der Waals surface area contributed by atoms with E-state index in [1.807, 2.05) is 48.7 Å². The standard InChI is InChI=1S/C22H24ClN3O.C4H4O4/c1-3-26-21-18(8-7-14(2)25-21)19(16-5-4-6-17(23)13-16)20(22(26)27)15-9-11-24-12-10-15;5-3(6)1-2-4(7)8/h4-8,13,15,24H,3,9-12H2,1-2H3;1-2H,(H,5,6)(H,7,8)/b;2-1+. The van der Waals surface area contributed by atoms with Crippen molar-refractivity contribution in [1.29, 1.82) is 0 Å². The lowest BCUT2D eigenvalue weighted by atomic mass is 9.84. The minimum atomic E-state index is -1.26. The van der Waals surface area contributed by atoms with Gasteiger partial charge in [0.15, 0.2) is 0 Å². The van der Waals surface area contributed by atoms with Crippen molar-refractivity contribution in [1.82, 2.24) is 14.9 Å². The van der Waals surface area contributed by atoms with E-state index >= 15 is 0 Å². The number of aliphatic carboxylic acids is 2. The van der Waals surface area contributed by atoms with E-state index in [0.717, 1.165) is 59.3 Å². The first kappa shape index (κ1) is 26.1. The highest BCUT2D eigenvalue weighted by atomic mass is 35.5. The number of piperidine rings is 1. The number of carboxylic acid groups (broad SMARTS) is 2. The van der Waals surface area contributed by atoms with Gasteiger partial charge in [0.1, 0.15) is 5.65 Å². The molecule has 184 valence electrons. The third-order valence-corrected chi connectivity index (χ3v) is 6.06. The molecule has 1 fully saturated rings. The molecular weight excluding hydrogens is 470 g/mol. The van der Waals surface area contributed by atoms with E-state index in [2.05, 4.69) is 11.4 Å². The number of hydrogen-bond donors (Lipinski definition) is 3. The summed E-state index contributed by atoms with van der Waals surface area (Å²) in [5, 5.41) is 20.7. The Hall–Kier alpha value is -3.49. The maximum atomic E-state index is 13.6. The van der Waals surface area contributed by atoms with Gasteiger partial charge in [0.05, 0.1) is 0 Å². The first-order valence-corrected chi connectivity index (χ1v) is 11.7. The molecule has 1 saturated heterocycles. The monoisotopic (exact) mass is 497 g/mol. The van der Waals surface area contributed by atoms with Crippen molar-refractivity contribution < 1.29 is 19.8 Å². The molecule has 3 aromatic rings. The fourth-order valence-electron chi connectivity index (χ4n) is 4.32. The predicted molar refractivity (Wildman–Crippen MR) is 136 cm³/mol. The lowest BCUT2D eigenvalue weighted by Gasteiger charge is -2.26. The number of nitrogens with one attached hydrogen (secondary N) is 1. The Morgan fingerprint density at radius 2 is 1.80 bits per heavy atom. The minimum absolute atomic E-state index is 0.0879. The number of halogens is 1. The number of rotatable bonds is 5. The van der Waals surface area contributed by atoms with E-state index in [1.54, 1.807) is 0 Å². The lowest BCUT2D eigenvalue weighted by molar-refractivity contribution is -0.134. The van der Waals surface area contributed by atoms with Gasteiger partial charge in [-0.25, -0.2) is 14.6 Å². The second kappa shape index (κ2) is 11.8. The number of fused-ring (bicyclic) bond motifs is 1. The number of aromatic nitrogens is 2. The van der Waals surface area contributed by atoms with Crippen LogP contribution >= 0.6 is 11.6 Å². The Bertz CT molecular complexity index is 1310. The van der Waals surface area contributed by atoms with Gasteiger partial charge < -0.3 is 15.5 Å². The molecule has 3 heterocycles. The fourth-order valence-corrected chi connectivity index (χ4v) is 4.51. The molecule has 9 heteroatoms. The molecule has 2 aromatic heterocycles. The molecule has 0 saturated carbocycles. The summed E-state index contributed by atoms with van der Waals surface area (Å²) < 4.78 is 1.83. The lowest BCUT2D eigenvalue weighted by Crippen LogP contribution is -2.33. The molecule has 0 bridgehead atoms. The van der Waals surface area contributed by atoms with Crippen LogP contribution in [-0.4, -0.2) is 44.8 Å². The normalized spacial score (nSPS) is 14.0. The van der Waals surface area contributed by atoms with Crippen LogP contribution in [0.2, 0.25) is 5.02 Å². The molecule has 1 aliphatic rings. The SMILES string of the molecule is CCn1c(=O)c(C2CCNCC2)c(-c2cccc(Cl)c2)c2ccc(C)nc21.O=C(O)/C=C/C(=O)O. The molecule has 0 radical (unpaired) electrons. The molecule has 3 N–H and O–H groups in total. The molecule has 0 unspecified atom stereocenters. The van der Waals surface area contributed by atoms with Gasteiger partial charge in [0, 0.05) is 45.9 Å². The van der Waals surface area contributed by atoms with Crippen LogP contribution in [0.4, 0.5) is 0 Å². The van der Waals surface area contributed by atoms with Crippen molar-refractivity contribution in [3.8, 4) is 11.1 Å². The summed E-state index contributed by atoms with van der Waals surface area (Å²) in [5.41, 5.74) is 4.67. The summed E-state index contributed by atoms with van der Waals surface area (Å²) >= 11 is 6.30. The van der Waals surface area contributed by atoms with Crippen LogP contribution in [-0.2, 0) is 16.1 Å². The molecule has 1 aliphatic heterocycles. The fraction of sp³-hybridized carbons (Fsp3) is 0.308. The molecule has 1 aromatic carbocycles. The van der Waals surface area contributed by atoms with Gasteiger partial charge in [-0.3, -0.25) is 9.36 Å². The van der Waals surface area contributed by atoms with Crippen molar-refractivity contribution in [3.05, 3.63) is 75.2 Å². The van der Waals surface area contributed by atoms with Crippen LogP contribution in [0.3, 0.4) is 0 Å². The first-order valence-electron chi connectivity index (χ1n) is 11.4.